The highest BCUT2D eigenvalue weighted by Crippen LogP contribution is 2.24. The van der Waals surface area contributed by atoms with Crippen LogP contribution in [0.3, 0.4) is 0 Å². The number of carbonyl (C=O) groups excluding carboxylic acids is 3. The summed E-state index contributed by atoms with van der Waals surface area (Å²) in [6.45, 7) is 3.38. The van der Waals surface area contributed by atoms with Crippen LogP contribution in [-0.2, 0) is 14.4 Å². The minimum Gasteiger partial charge on any atom is -0.356 e. The van der Waals surface area contributed by atoms with Gasteiger partial charge in [0, 0.05) is 38.2 Å². The molecular weight excluding hydrogens is 266 g/mol. The molecule has 108 valence electrons. The zero-order chi connectivity index (χ0) is 14.3. The lowest BCUT2D eigenvalue weighted by Gasteiger charge is -2.14. The van der Waals surface area contributed by atoms with E-state index in [4.69, 9.17) is 0 Å². The van der Waals surface area contributed by atoms with Gasteiger partial charge in [0.1, 0.15) is 0 Å². The van der Waals surface area contributed by atoms with Crippen LogP contribution in [0.15, 0.2) is 0 Å². The van der Waals surface area contributed by atoms with Gasteiger partial charge in [-0.1, -0.05) is 0 Å². The first-order valence-corrected chi connectivity index (χ1v) is 7.52. The van der Waals surface area contributed by atoms with Gasteiger partial charge in [0.15, 0.2) is 0 Å². The first-order valence-electron chi connectivity index (χ1n) is 6.47. The zero-order valence-electron chi connectivity index (χ0n) is 11.4. The van der Waals surface area contributed by atoms with Crippen molar-refractivity contribution in [3.8, 4) is 0 Å². The number of nitrogens with zero attached hydrogens (tertiary/aromatic N) is 1. The quantitative estimate of drug-likeness (QED) is 0.469. The molecule has 0 aromatic heterocycles. The van der Waals surface area contributed by atoms with Crippen LogP contribution in [0.5, 0.6) is 0 Å². The number of nitrogens with one attached hydrogen (secondary N) is 2. The smallest absolute Gasteiger partial charge is 0.242 e. The molecule has 0 saturated carbocycles. The van der Waals surface area contributed by atoms with Crippen LogP contribution in [0.25, 0.3) is 0 Å². The Hall–Kier alpha value is -1.08. The van der Waals surface area contributed by atoms with Gasteiger partial charge in [-0.3, -0.25) is 19.3 Å². The van der Waals surface area contributed by atoms with Gasteiger partial charge in [-0.15, -0.1) is 11.8 Å². The summed E-state index contributed by atoms with van der Waals surface area (Å²) in [5.74, 6) is 0.339. The summed E-state index contributed by atoms with van der Waals surface area (Å²) >= 11 is 1.49. The van der Waals surface area contributed by atoms with Crippen molar-refractivity contribution in [2.24, 2.45) is 0 Å². The van der Waals surface area contributed by atoms with E-state index in [-0.39, 0.29) is 42.4 Å². The normalized spacial score (nSPS) is 19.1. The molecule has 2 N–H and O–H groups in total. The highest BCUT2D eigenvalue weighted by Gasteiger charge is 2.38. The summed E-state index contributed by atoms with van der Waals surface area (Å²) in [5.41, 5.74) is 0. The van der Waals surface area contributed by atoms with E-state index in [9.17, 15) is 14.4 Å². The largest absolute Gasteiger partial charge is 0.356 e. The van der Waals surface area contributed by atoms with Crippen molar-refractivity contribution in [1.29, 1.82) is 0 Å². The number of carbonyl (C=O) groups is 3. The first kappa shape index (κ1) is 16.0. The maximum Gasteiger partial charge on any atom is 0.242 e. The fourth-order valence-electron chi connectivity index (χ4n) is 1.82. The zero-order valence-corrected chi connectivity index (χ0v) is 12.2. The molecule has 0 aromatic rings. The molecule has 7 heteroatoms. The molecule has 1 unspecified atom stereocenters. The molecule has 1 heterocycles. The van der Waals surface area contributed by atoms with E-state index in [0.29, 0.717) is 6.54 Å². The predicted molar refractivity (Wildman–Crippen MR) is 74.8 cm³/mol. The molecule has 0 aliphatic carbocycles. The van der Waals surface area contributed by atoms with Crippen molar-refractivity contribution in [2.45, 2.75) is 25.0 Å². The van der Waals surface area contributed by atoms with E-state index < -0.39 is 0 Å². The molecule has 0 radical (unpaired) electrons. The molecule has 1 aliphatic rings. The lowest BCUT2D eigenvalue weighted by atomic mass is 10.3. The van der Waals surface area contributed by atoms with Gasteiger partial charge in [-0.25, -0.2) is 0 Å². The maximum atomic E-state index is 12.0. The highest BCUT2D eigenvalue weighted by molar-refractivity contribution is 8.00. The molecule has 1 aliphatic heterocycles. The Morgan fingerprint density at radius 3 is 2.84 bits per heavy atom. The Morgan fingerprint density at radius 2 is 2.21 bits per heavy atom. The number of rotatable bonds is 8. The average molecular weight is 287 g/mol. The third-order valence-corrected chi connectivity index (χ3v) is 4.02. The van der Waals surface area contributed by atoms with Crippen LogP contribution in [0.1, 0.15) is 19.8 Å². The molecule has 1 saturated heterocycles. The van der Waals surface area contributed by atoms with Crippen LogP contribution in [0, 0.1) is 0 Å². The topological polar surface area (TPSA) is 78.5 Å². The van der Waals surface area contributed by atoms with E-state index in [1.165, 1.54) is 16.7 Å². The van der Waals surface area contributed by atoms with E-state index in [1.807, 2.05) is 14.0 Å². The van der Waals surface area contributed by atoms with E-state index in [0.717, 1.165) is 12.3 Å². The van der Waals surface area contributed by atoms with Gasteiger partial charge < -0.3 is 10.6 Å². The predicted octanol–water partition coefficient (Wildman–Crippen LogP) is -0.407. The number of likely N-dealkylation sites (tertiary alicyclic amines) is 1. The minimum atomic E-state index is -0.282. The third-order valence-electron chi connectivity index (χ3n) is 2.81. The van der Waals surface area contributed by atoms with E-state index in [2.05, 4.69) is 10.6 Å². The van der Waals surface area contributed by atoms with E-state index >= 15 is 0 Å². The number of hydrogen-bond donors (Lipinski definition) is 2. The minimum absolute atomic E-state index is 0.130. The molecular formula is C12H21N3O3S. The molecule has 0 spiro atoms. The molecule has 0 aromatic carbocycles. The van der Waals surface area contributed by atoms with Crippen LogP contribution < -0.4 is 10.6 Å². The van der Waals surface area contributed by atoms with Crippen molar-refractivity contribution in [3.05, 3.63) is 0 Å². The van der Waals surface area contributed by atoms with Crippen molar-refractivity contribution in [2.75, 3.05) is 32.4 Å². The molecule has 1 rings (SSSR count). The fourth-order valence-corrected chi connectivity index (χ4v) is 2.96. The van der Waals surface area contributed by atoms with Gasteiger partial charge in [0.05, 0.1) is 5.25 Å². The number of imide groups is 1. The van der Waals surface area contributed by atoms with Crippen molar-refractivity contribution < 1.29 is 14.4 Å². The third kappa shape index (κ3) is 4.83. The molecule has 19 heavy (non-hydrogen) atoms. The maximum absolute atomic E-state index is 12.0. The summed E-state index contributed by atoms with van der Waals surface area (Å²) in [6.07, 6.45) is 0.432. The Morgan fingerprint density at radius 1 is 1.47 bits per heavy atom. The standard InChI is InChI=1S/C12H21N3O3S/c1-3-14-10(16)4-6-15-11(17)8-9(12(15)18)19-7-5-13-2/h9,13H,3-8H2,1-2H3,(H,14,16). The average Bonchev–Trinajstić information content (AvgIpc) is 2.63. The summed E-state index contributed by atoms with van der Waals surface area (Å²) in [7, 11) is 1.85. The van der Waals surface area contributed by atoms with Crippen LogP contribution in [0.2, 0.25) is 0 Å². The van der Waals surface area contributed by atoms with Crippen LogP contribution >= 0.6 is 11.8 Å². The molecule has 1 fully saturated rings. The molecule has 3 amide bonds. The SMILES string of the molecule is CCNC(=O)CCN1C(=O)CC(SCCNC)C1=O. The number of amides is 3. The van der Waals surface area contributed by atoms with Gasteiger partial charge in [-0.2, -0.15) is 0 Å². The van der Waals surface area contributed by atoms with E-state index in [1.54, 1.807) is 0 Å². The summed E-state index contributed by atoms with van der Waals surface area (Å²) in [4.78, 5) is 36.3. The molecule has 1 atom stereocenters. The number of hydrogen-bond acceptors (Lipinski definition) is 5. The number of thioether (sulfide) groups is 1. The second kappa shape index (κ2) is 8.16. The summed E-state index contributed by atoms with van der Waals surface area (Å²) in [6, 6.07) is 0. The van der Waals surface area contributed by atoms with Crippen LogP contribution in [-0.4, -0.2) is 60.3 Å². The van der Waals surface area contributed by atoms with Gasteiger partial charge in [-0.05, 0) is 14.0 Å². The Labute approximate surface area is 117 Å². The van der Waals surface area contributed by atoms with Crippen molar-refractivity contribution in [3.63, 3.8) is 0 Å². The second-order valence-electron chi connectivity index (χ2n) is 4.25. The Bertz CT molecular complexity index is 349. The molecule has 6 nitrogen and oxygen atoms in total. The van der Waals surface area contributed by atoms with Gasteiger partial charge in [0.2, 0.25) is 17.7 Å². The highest BCUT2D eigenvalue weighted by atomic mass is 32.2. The fraction of sp³-hybridized carbons (Fsp3) is 0.750. The van der Waals surface area contributed by atoms with Gasteiger partial charge in [0.25, 0.3) is 0 Å². The monoisotopic (exact) mass is 287 g/mol. The Balaban J connectivity index is 2.40. The van der Waals surface area contributed by atoms with Crippen LogP contribution in [0.4, 0.5) is 0 Å². The first-order chi connectivity index (χ1) is 9.10. The summed E-state index contributed by atoms with van der Waals surface area (Å²) in [5, 5.41) is 5.37. The van der Waals surface area contributed by atoms with Gasteiger partial charge >= 0.3 is 0 Å². The Kier molecular flexibility index (Phi) is 6.86. The summed E-state index contributed by atoms with van der Waals surface area (Å²) < 4.78 is 0. The second-order valence-corrected chi connectivity index (χ2v) is 5.56. The van der Waals surface area contributed by atoms with Crippen molar-refractivity contribution >= 4 is 29.5 Å². The lowest BCUT2D eigenvalue weighted by Crippen LogP contribution is -2.35. The molecule has 0 bridgehead atoms. The van der Waals surface area contributed by atoms with Crippen molar-refractivity contribution in [1.82, 2.24) is 15.5 Å². The lowest BCUT2D eigenvalue weighted by molar-refractivity contribution is -0.138.